The van der Waals surface area contributed by atoms with Crippen LogP contribution in [-0.2, 0) is 21.5 Å². The topological polar surface area (TPSA) is 56.4 Å². The highest BCUT2D eigenvalue weighted by Gasteiger charge is 2.59. The molecule has 2 amide bonds. The van der Waals surface area contributed by atoms with E-state index in [0.29, 0.717) is 13.1 Å². The lowest BCUT2D eigenvalue weighted by atomic mass is 9.80. The Morgan fingerprint density at radius 3 is 2.67 bits per heavy atom. The van der Waals surface area contributed by atoms with Crippen LogP contribution in [-0.4, -0.2) is 34.8 Å². The average Bonchev–Trinajstić information content (AvgIpc) is 3.17. The van der Waals surface area contributed by atoms with Gasteiger partial charge in [-0.1, -0.05) is 36.4 Å². The molecule has 3 heterocycles. The van der Waals surface area contributed by atoms with Gasteiger partial charge >= 0.3 is 0 Å². The van der Waals surface area contributed by atoms with Crippen molar-refractivity contribution in [1.29, 1.82) is 0 Å². The monoisotopic (exact) mass is 359 g/mol. The van der Waals surface area contributed by atoms with E-state index in [9.17, 15) is 9.59 Å². The van der Waals surface area contributed by atoms with E-state index in [0.717, 1.165) is 39.8 Å². The summed E-state index contributed by atoms with van der Waals surface area (Å²) in [5.74, 6) is -0.130. The van der Waals surface area contributed by atoms with Gasteiger partial charge in [0.2, 0.25) is 5.91 Å². The molecule has 136 valence electrons. The van der Waals surface area contributed by atoms with Crippen LogP contribution in [0.15, 0.2) is 48.5 Å². The SMILES string of the molecule is CCN1C(=O)[C@@]2(c3ccccc31)c1[nH]c3ccccc3c1CCN2C(C)=O. The number of para-hydroxylation sites is 2. The lowest BCUT2D eigenvalue weighted by Gasteiger charge is -2.43. The minimum atomic E-state index is -1.11. The number of carbonyl (C=O) groups is 2. The molecule has 0 radical (unpaired) electrons. The maximum Gasteiger partial charge on any atom is 0.263 e. The highest BCUT2D eigenvalue weighted by atomic mass is 16.2. The largest absolute Gasteiger partial charge is 0.355 e. The molecule has 1 spiro atoms. The van der Waals surface area contributed by atoms with Gasteiger partial charge in [-0.3, -0.25) is 9.59 Å². The van der Waals surface area contributed by atoms with Crippen molar-refractivity contribution in [3.8, 4) is 0 Å². The zero-order valence-corrected chi connectivity index (χ0v) is 15.5. The van der Waals surface area contributed by atoms with E-state index in [4.69, 9.17) is 0 Å². The van der Waals surface area contributed by atoms with Crippen molar-refractivity contribution >= 4 is 28.4 Å². The first-order chi connectivity index (χ1) is 13.1. The average molecular weight is 359 g/mol. The Labute approximate surface area is 157 Å². The van der Waals surface area contributed by atoms with Gasteiger partial charge in [0, 0.05) is 36.5 Å². The summed E-state index contributed by atoms with van der Waals surface area (Å²) in [7, 11) is 0. The number of aromatic amines is 1. The predicted molar refractivity (Wildman–Crippen MR) is 105 cm³/mol. The summed E-state index contributed by atoms with van der Waals surface area (Å²) in [6.45, 7) is 4.63. The summed E-state index contributed by atoms with van der Waals surface area (Å²) in [6, 6.07) is 16.0. The molecule has 0 aliphatic carbocycles. The number of hydrogen-bond acceptors (Lipinski definition) is 2. The van der Waals surface area contributed by atoms with E-state index in [1.807, 2.05) is 49.4 Å². The first-order valence-corrected chi connectivity index (χ1v) is 9.40. The molecule has 27 heavy (non-hydrogen) atoms. The molecule has 0 saturated heterocycles. The van der Waals surface area contributed by atoms with E-state index in [-0.39, 0.29) is 11.8 Å². The van der Waals surface area contributed by atoms with E-state index in [1.54, 1.807) is 16.7 Å². The Morgan fingerprint density at radius 2 is 1.89 bits per heavy atom. The molecule has 2 aliphatic heterocycles. The van der Waals surface area contributed by atoms with Crippen molar-refractivity contribution < 1.29 is 9.59 Å². The van der Waals surface area contributed by atoms with Crippen molar-refractivity contribution in [2.24, 2.45) is 0 Å². The molecule has 5 heteroatoms. The lowest BCUT2D eigenvalue weighted by molar-refractivity contribution is -0.143. The number of likely N-dealkylation sites (N-methyl/N-ethyl adjacent to an activating group) is 1. The van der Waals surface area contributed by atoms with Crippen molar-refractivity contribution in [3.05, 3.63) is 65.4 Å². The van der Waals surface area contributed by atoms with Gasteiger partial charge < -0.3 is 14.8 Å². The number of hydrogen-bond donors (Lipinski definition) is 1. The third-order valence-corrected chi connectivity index (χ3v) is 6.00. The van der Waals surface area contributed by atoms with Gasteiger partial charge in [0.15, 0.2) is 5.54 Å². The quantitative estimate of drug-likeness (QED) is 0.725. The van der Waals surface area contributed by atoms with Crippen LogP contribution in [0.5, 0.6) is 0 Å². The second-order valence-electron chi connectivity index (χ2n) is 7.22. The Kier molecular flexibility index (Phi) is 3.26. The van der Waals surface area contributed by atoms with Crippen LogP contribution >= 0.6 is 0 Å². The number of amides is 2. The maximum absolute atomic E-state index is 13.8. The number of nitrogens with one attached hydrogen (secondary N) is 1. The van der Waals surface area contributed by atoms with Crippen LogP contribution in [0.4, 0.5) is 5.69 Å². The third-order valence-electron chi connectivity index (χ3n) is 6.00. The molecule has 0 bridgehead atoms. The highest BCUT2D eigenvalue weighted by Crippen LogP contribution is 2.51. The molecule has 2 aliphatic rings. The number of rotatable bonds is 1. The molecule has 2 aromatic carbocycles. The molecule has 3 aromatic rings. The molecule has 1 aromatic heterocycles. The van der Waals surface area contributed by atoms with Crippen LogP contribution in [0.2, 0.25) is 0 Å². The van der Waals surface area contributed by atoms with Gasteiger partial charge in [0.25, 0.3) is 5.91 Å². The molecular formula is C22H21N3O2. The van der Waals surface area contributed by atoms with Crippen LogP contribution in [0, 0.1) is 0 Å². The summed E-state index contributed by atoms with van der Waals surface area (Å²) in [6.07, 6.45) is 0.738. The Hall–Kier alpha value is -3.08. The van der Waals surface area contributed by atoms with Crippen LogP contribution in [0.25, 0.3) is 10.9 Å². The fourth-order valence-corrected chi connectivity index (χ4v) is 4.94. The van der Waals surface area contributed by atoms with Gasteiger partial charge in [0.05, 0.1) is 11.4 Å². The summed E-state index contributed by atoms with van der Waals surface area (Å²) in [4.78, 5) is 33.6. The Bertz CT molecular complexity index is 1100. The van der Waals surface area contributed by atoms with Gasteiger partial charge in [-0.25, -0.2) is 0 Å². The summed E-state index contributed by atoms with van der Waals surface area (Å²) in [5, 5.41) is 1.13. The molecule has 1 N–H and O–H groups in total. The molecular weight excluding hydrogens is 338 g/mol. The number of fused-ring (bicyclic) bond motifs is 6. The smallest absolute Gasteiger partial charge is 0.263 e. The van der Waals surface area contributed by atoms with Gasteiger partial charge in [-0.2, -0.15) is 0 Å². The molecule has 5 nitrogen and oxygen atoms in total. The fraction of sp³-hybridized carbons (Fsp3) is 0.273. The van der Waals surface area contributed by atoms with E-state index in [2.05, 4.69) is 11.1 Å². The van der Waals surface area contributed by atoms with Crippen LogP contribution in [0.1, 0.15) is 30.7 Å². The molecule has 0 saturated carbocycles. The van der Waals surface area contributed by atoms with Gasteiger partial charge in [0.1, 0.15) is 0 Å². The number of anilines is 1. The first-order valence-electron chi connectivity index (χ1n) is 9.40. The standard InChI is InChI=1S/C22H21N3O2/c1-3-24-19-11-7-5-9-17(19)22(21(24)27)20-16(12-13-25(22)14(2)26)15-8-4-6-10-18(15)23-20/h4-11,23H,3,12-13H2,1-2H3/t22-/m1/s1. The summed E-state index contributed by atoms with van der Waals surface area (Å²) in [5.41, 5.74) is 3.67. The number of aromatic nitrogens is 1. The number of nitrogens with zero attached hydrogens (tertiary/aromatic N) is 2. The Morgan fingerprint density at radius 1 is 1.15 bits per heavy atom. The normalized spacial score (nSPS) is 21.0. The summed E-state index contributed by atoms with van der Waals surface area (Å²) >= 11 is 0. The van der Waals surface area contributed by atoms with Crippen molar-refractivity contribution in [2.75, 3.05) is 18.0 Å². The van der Waals surface area contributed by atoms with E-state index >= 15 is 0 Å². The van der Waals surface area contributed by atoms with E-state index in [1.165, 1.54) is 0 Å². The number of benzene rings is 2. The van der Waals surface area contributed by atoms with Crippen molar-refractivity contribution in [3.63, 3.8) is 0 Å². The minimum absolute atomic E-state index is 0.0473. The Balaban J connectivity index is 1.91. The number of carbonyl (C=O) groups excluding carboxylic acids is 2. The van der Waals surface area contributed by atoms with Gasteiger partial charge in [-0.05, 0) is 31.0 Å². The van der Waals surface area contributed by atoms with Crippen LogP contribution in [0.3, 0.4) is 0 Å². The lowest BCUT2D eigenvalue weighted by Crippen LogP contribution is -2.58. The second-order valence-corrected chi connectivity index (χ2v) is 7.22. The zero-order valence-electron chi connectivity index (χ0n) is 15.5. The minimum Gasteiger partial charge on any atom is -0.355 e. The van der Waals surface area contributed by atoms with Crippen molar-refractivity contribution in [2.45, 2.75) is 25.8 Å². The molecule has 0 fully saturated rings. The van der Waals surface area contributed by atoms with Gasteiger partial charge in [-0.15, -0.1) is 0 Å². The maximum atomic E-state index is 13.8. The van der Waals surface area contributed by atoms with Crippen LogP contribution < -0.4 is 4.90 Å². The zero-order chi connectivity index (χ0) is 18.8. The number of H-pyrrole nitrogens is 1. The molecule has 1 atom stereocenters. The first kappa shape index (κ1) is 16.1. The predicted octanol–water partition coefficient (Wildman–Crippen LogP) is 3.18. The van der Waals surface area contributed by atoms with E-state index < -0.39 is 5.54 Å². The summed E-state index contributed by atoms with van der Waals surface area (Å²) < 4.78 is 0. The second kappa shape index (κ2) is 5.46. The molecule has 0 unspecified atom stereocenters. The third kappa shape index (κ3) is 1.84. The fourth-order valence-electron chi connectivity index (χ4n) is 4.94. The highest BCUT2D eigenvalue weighted by molar-refractivity contribution is 6.12. The molecule has 5 rings (SSSR count). The van der Waals surface area contributed by atoms with Crippen molar-refractivity contribution in [1.82, 2.24) is 9.88 Å².